The van der Waals surface area contributed by atoms with Crippen LogP contribution < -0.4 is 5.32 Å². The van der Waals surface area contributed by atoms with Gasteiger partial charge in [0.15, 0.2) is 0 Å². The summed E-state index contributed by atoms with van der Waals surface area (Å²) in [5.74, 6) is -0.185. The first kappa shape index (κ1) is 16.6. The summed E-state index contributed by atoms with van der Waals surface area (Å²) < 4.78 is 0. The van der Waals surface area contributed by atoms with Crippen molar-refractivity contribution in [2.24, 2.45) is 0 Å². The van der Waals surface area contributed by atoms with E-state index in [9.17, 15) is 20.0 Å². The minimum atomic E-state index is -0.899. The summed E-state index contributed by atoms with van der Waals surface area (Å²) >= 11 is 1.53. The summed E-state index contributed by atoms with van der Waals surface area (Å²) in [5.41, 5.74) is 1.78. The first-order chi connectivity index (χ1) is 11.5. The molecule has 2 aromatic rings. The third kappa shape index (κ3) is 3.63. The van der Waals surface area contributed by atoms with E-state index in [1.807, 2.05) is 6.07 Å². The molecule has 126 valence electrons. The molecular weight excluding hydrogens is 328 g/mol. The molecule has 0 radical (unpaired) electrons. The maximum atomic E-state index is 12.2. The number of nitrogens with one attached hydrogen (secondary N) is 1. The second-order valence-electron chi connectivity index (χ2n) is 5.84. The molecule has 6 nitrogen and oxygen atoms in total. The number of aliphatic hydroxyl groups excluding tert-OH is 1. The number of nitro groups is 1. The molecule has 0 saturated carbocycles. The van der Waals surface area contributed by atoms with Gasteiger partial charge in [0, 0.05) is 23.6 Å². The lowest BCUT2D eigenvalue weighted by atomic mass is 9.99. The highest BCUT2D eigenvalue weighted by Crippen LogP contribution is 2.29. The van der Waals surface area contributed by atoms with Crippen molar-refractivity contribution in [3.05, 3.63) is 61.3 Å². The van der Waals surface area contributed by atoms with Gasteiger partial charge >= 0.3 is 0 Å². The zero-order valence-electron chi connectivity index (χ0n) is 13.0. The molecule has 0 spiro atoms. The van der Waals surface area contributed by atoms with E-state index < -0.39 is 11.0 Å². The lowest BCUT2D eigenvalue weighted by Crippen LogP contribution is -2.27. The van der Waals surface area contributed by atoms with Crippen LogP contribution in [0, 0.1) is 10.1 Å². The fourth-order valence-corrected chi connectivity index (χ4v) is 3.99. The smallest absolute Gasteiger partial charge is 0.269 e. The van der Waals surface area contributed by atoms with Gasteiger partial charge in [-0.1, -0.05) is 0 Å². The Kier molecular flexibility index (Phi) is 4.92. The van der Waals surface area contributed by atoms with E-state index in [1.54, 1.807) is 0 Å². The van der Waals surface area contributed by atoms with Crippen LogP contribution in [-0.2, 0) is 12.8 Å². The van der Waals surface area contributed by atoms with Crippen molar-refractivity contribution >= 4 is 22.9 Å². The predicted molar refractivity (Wildman–Crippen MR) is 91.4 cm³/mol. The summed E-state index contributed by atoms with van der Waals surface area (Å²) in [5, 5.41) is 23.5. The monoisotopic (exact) mass is 346 g/mol. The molecule has 0 saturated heterocycles. The quantitative estimate of drug-likeness (QED) is 0.643. The molecule has 1 amide bonds. The Morgan fingerprint density at radius 3 is 2.67 bits per heavy atom. The van der Waals surface area contributed by atoms with Crippen LogP contribution in [0.1, 0.15) is 44.6 Å². The van der Waals surface area contributed by atoms with E-state index in [4.69, 9.17) is 0 Å². The van der Waals surface area contributed by atoms with E-state index in [1.165, 1.54) is 58.9 Å². The zero-order chi connectivity index (χ0) is 17.1. The topological polar surface area (TPSA) is 92.5 Å². The molecule has 1 aliphatic rings. The highest BCUT2D eigenvalue weighted by atomic mass is 32.1. The van der Waals surface area contributed by atoms with Gasteiger partial charge in [-0.3, -0.25) is 14.9 Å². The predicted octanol–water partition coefficient (Wildman–Crippen LogP) is 3.00. The Morgan fingerprint density at radius 2 is 2.00 bits per heavy atom. The standard InChI is InChI=1S/C17H18N2O4S/c20-14(11-5-7-13(8-6-11)19(22)23)10-18-17(21)16-9-12-3-1-2-4-15(12)24-16/h5-9,14,20H,1-4,10H2,(H,18,21)/t14-/m1/s1. The SMILES string of the molecule is O=C(NC[C@@H](O)c1ccc([N+](=O)[O-])cc1)c1cc2c(s1)CCCC2. The molecule has 1 aromatic heterocycles. The molecule has 0 aliphatic heterocycles. The van der Waals surface area contributed by atoms with E-state index >= 15 is 0 Å². The van der Waals surface area contributed by atoms with E-state index in [2.05, 4.69) is 5.32 Å². The van der Waals surface area contributed by atoms with Crippen LogP contribution in [0.4, 0.5) is 5.69 Å². The molecule has 1 heterocycles. The molecule has 1 aliphatic carbocycles. The van der Waals surface area contributed by atoms with Crippen LogP contribution in [0.3, 0.4) is 0 Å². The number of aryl methyl sites for hydroxylation is 2. The summed E-state index contributed by atoms with van der Waals surface area (Å²) in [7, 11) is 0. The van der Waals surface area contributed by atoms with Crippen LogP contribution in [-0.4, -0.2) is 22.5 Å². The minimum Gasteiger partial charge on any atom is -0.387 e. The van der Waals surface area contributed by atoms with E-state index in [0.717, 1.165) is 12.8 Å². The van der Waals surface area contributed by atoms with Crippen LogP contribution in [0.15, 0.2) is 30.3 Å². The first-order valence-corrected chi connectivity index (χ1v) is 8.68. The second-order valence-corrected chi connectivity index (χ2v) is 6.98. The van der Waals surface area contributed by atoms with Gasteiger partial charge in [0.25, 0.3) is 11.6 Å². The van der Waals surface area contributed by atoms with E-state index in [0.29, 0.717) is 10.4 Å². The molecule has 7 heteroatoms. The van der Waals surface area contributed by atoms with Crippen molar-refractivity contribution in [1.82, 2.24) is 5.32 Å². The molecule has 1 atom stereocenters. The van der Waals surface area contributed by atoms with Crippen LogP contribution >= 0.6 is 11.3 Å². The van der Waals surface area contributed by atoms with E-state index in [-0.39, 0.29) is 18.1 Å². The van der Waals surface area contributed by atoms with Crippen molar-refractivity contribution in [3.63, 3.8) is 0 Å². The Labute approximate surface area is 143 Å². The van der Waals surface area contributed by atoms with Crippen molar-refractivity contribution < 1.29 is 14.8 Å². The fourth-order valence-electron chi connectivity index (χ4n) is 2.82. The third-order valence-corrected chi connectivity index (χ3v) is 5.40. The maximum Gasteiger partial charge on any atom is 0.269 e. The summed E-state index contributed by atoms with van der Waals surface area (Å²) in [4.78, 5) is 24.3. The Morgan fingerprint density at radius 1 is 1.29 bits per heavy atom. The summed E-state index contributed by atoms with van der Waals surface area (Å²) in [6, 6.07) is 7.63. The molecule has 24 heavy (non-hydrogen) atoms. The average Bonchev–Trinajstić information content (AvgIpc) is 3.03. The Bertz CT molecular complexity index is 731. The lowest BCUT2D eigenvalue weighted by Gasteiger charge is -2.11. The second kappa shape index (κ2) is 7.11. The highest BCUT2D eigenvalue weighted by molar-refractivity contribution is 7.14. The first-order valence-electron chi connectivity index (χ1n) is 7.87. The Hall–Kier alpha value is -2.25. The number of non-ortho nitro benzene ring substituents is 1. The number of amides is 1. The molecule has 1 aromatic carbocycles. The van der Waals surface area contributed by atoms with Gasteiger partial charge in [0.1, 0.15) is 0 Å². The molecule has 0 bridgehead atoms. The molecule has 2 N–H and O–H groups in total. The molecular formula is C17H18N2O4S. The molecule has 3 rings (SSSR count). The van der Waals surface area contributed by atoms with Crippen LogP contribution in [0.2, 0.25) is 0 Å². The number of benzene rings is 1. The Balaban J connectivity index is 1.59. The highest BCUT2D eigenvalue weighted by Gasteiger charge is 2.18. The van der Waals surface area contributed by atoms with Crippen molar-refractivity contribution in [3.8, 4) is 0 Å². The summed E-state index contributed by atoms with van der Waals surface area (Å²) in [6.45, 7) is 0.0687. The number of nitro benzene ring substituents is 1. The van der Waals surface area contributed by atoms with Gasteiger partial charge in [-0.15, -0.1) is 11.3 Å². The van der Waals surface area contributed by atoms with Gasteiger partial charge in [0.05, 0.1) is 15.9 Å². The van der Waals surface area contributed by atoms with Crippen LogP contribution in [0.25, 0.3) is 0 Å². The number of hydrogen-bond acceptors (Lipinski definition) is 5. The fraction of sp³-hybridized carbons (Fsp3) is 0.353. The van der Waals surface area contributed by atoms with Crippen LogP contribution in [0.5, 0.6) is 0 Å². The number of thiophene rings is 1. The maximum absolute atomic E-state index is 12.2. The number of hydrogen-bond donors (Lipinski definition) is 2. The summed E-state index contributed by atoms with van der Waals surface area (Å²) in [6.07, 6.45) is 3.52. The van der Waals surface area contributed by atoms with Crippen molar-refractivity contribution in [2.75, 3.05) is 6.54 Å². The van der Waals surface area contributed by atoms with Gasteiger partial charge in [-0.05, 0) is 55.0 Å². The van der Waals surface area contributed by atoms with Crippen molar-refractivity contribution in [1.29, 1.82) is 0 Å². The number of rotatable bonds is 5. The molecule has 0 fully saturated rings. The van der Waals surface area contributed by atoms with Gasteiger partial charge in [0.2, 0.25) is 0 Å². The number of nitrogens with zero attached hydrogens (tertiary/aromatic N) is 1. The van der Waals surface area contributed by atoms with Gasteiger partial charge < -0.3 is 10.4 Å². The number of carbonyl (C=O) groups excluding carboxylic acids is 1. The minimum absolute atomic E-state index is 0.0286. The normalized spacial score (nSPS) is 14.7. The third-order valence-electron chi connectivity index (χ3n) is 4.17. The number of carbonyl (C=O) groups is 1. The molecule has 0 unspecified atom stereocenters. The zero-order valence-corrected chi connectivity index (χ0v) is 13.8. The van der Waals surface area contributed by atoms with Gasteiger partial charge in [-0.2, -0.15) is 0 Å². The van der Waals surface area contributed by atoms with Crippen molar-refractivity contribution in [2.45, 2.75) is 31.8 Å². The number of aliphatic hydroxyl groups is 1. The lowest BCUT2D eigenvalue weighted by molar-refractivity contribution is -0.384. The largest absolute Gasteiger partial charge is 0.387 e. The average molecular weight is 346 g/mol. The number of fused-ring (bicyclic) bond motifs is 1. The van der Waals surface area contributed by atoms with Gasteiger partial charge in [-0.25, -0.2) is 0 Å².